The van der Waals surface area contributed by atoms with E-state index in [4.69, 9.17) is 14.2 Å². The molecule has 1 aromatic carbocycles. The molecule has 0 N–H and O–H groups in total. The van der Waals surface area contributed by atoms with E-state index >= 15 is 0 Å². The van der Waals surface area contributed by atoms with Crippen LogP contribution < -0.4 is 0 Å². The van der Waals surface area contributed by atoms with E-state index in [1.807, 2.05) is 0 Å². The maximum atomic E-state index is 11.7. The molecule has 0 amide bonds. The Morgan fingerprint density at radius 3 is 2.29 bits per heavy atom. The van der Waals surface area contributed by atoms with Gasteiger partial charge in [0.15, 0.2) is 6.61 Å². The van der Waals surface area contributed by atoms with E-state index in [2.05, 4.69) is 11.8 Å². The first-order chi connectivity index (χ1) is 10.2. The van der Waals surface area contributed by atoms with Crippen LogP contribution in [-0.4, -0.2) is 37.9 Å². The van der Waals surface area contributed by atoms with Crippen molar-refractivity contribution in [2.45, 2.75) is 20.1 Å². The summed E-state index contributed by atoms with van der Waals surface area (Å²) in [6.45, 7) is 4.05. The lowest BCUT2D eigenvalue weighted by molar-refractivity contribution is -0.162. The van der Waals surface area contributed by atoms with Crippen LogP contribution in [0.1, 0.15) is 24.2 Å². The van der Waals surface area contributed by atoms with Crippen molar-refractivity contribution in [2.24, 2.45) is 0 Å². The second-order valence-electron chi connectivity index (χ2n) is 3.85. The van der Waals surface area contributed by atoms with Crippen molar-refractivity contribution >= 4 is 11.8 Å². The average Bonchev–Trinajstić information content (AvgIpc) is 2.51. The van der Waals surface area contributed by atoms with Gasteiger partial charge in [0, 0.05) is 13.2 Å². The molecule has 0 aliphatic heterocycles. The summed E-state index contributed by atoms with van der Waals surface area (Å²) < 4.78 is 15.2. The molecule has 112 valence electrons. The maximum absolute atomic E-state index is 11.7. The number of carbonyl (C=O) groups is 2. The third kappa shape index (κ3) is 6.21. The molecule has 0 bridgehead atoms. The summed E-state index contributed by atoms with van der Waals surface area (Å²) in [6, 6.07) is 8.56. The minimum Gasteiger partial charge on any atom is -0.449 e. The molecule has 5 heteroatoms. The summed E-state index contributed by atoms with van der Waals surface area (Å²) in [6.07, 6.45) is -0.989. The number of hydrogen-bond donors (Lipinski definition) is 0. The number of Topliss-reactive ketones (excluding diaryl/α,β-unsaturated/α-hetero) is 1. The summed E-state index contributed by atoms with van der Waals surface area (Å²) in [5.41, 5.74) is 0.437. The van der Waals surface area contributed by atoms with Gasteiger partial charge in [0.05, 0.1) is 5.56 Å². The average molecular weight is 290 g/mol. The lowest BCUT2D eigenvalue weighted by Gasteiger charge is -2.11. The highest BCUT2D eigenvalue weighted by atomic mass is 16.7. The Balaban J connectivity index is 2.44. The van der Waals surface area contributed by atoms with Crippen LogP contribution in [0.15, 0.2) is 30.3 Å². The van der Waals surface area contributed by atoms with Crippen molar-refractivity contribution in [3.05, 3.63) is 35.9 Å². The minimum absolute atomic E-state index is 0.162. The zero-order valence-electron chi connectivity index (χ0n) is 12.1. The molecule has 0 saturated carbocycles. The van der Waals surface area contributed by atoms with E-state index in [-0.39, 0.29) is 6.61 Å². The zero-order chi connectivity index (χ0) is 15.5. The molecule has 0 aliphatic carbocycles. The number of ketones is 1. The molecule has 0 spiro atoms. The van der Waals surface area contributed by atoms with Crippen LogP contribution in [0.5, 0.6) is 0 Å². The normalized spacial score (nSPS) is 9.86. The number of rotatable bonds is 7. The van der Waals surface area contributed by atoms with E-state index in [1.54, 1.807) is 44.2 Å². The summed E-state index contributed by atoms with van der Waals surface area (Å²) in [7, 11) is 0. The number of esters is 1. The quantitative estimate of drug-likeness (QED) is 0.332. The summed E-state index contributed by atoms with van der Waals surface area (Å²) >= 11 is 0. The lowest BCUT2D eigenvalue weighted by Crippen LogP contribution is -2.26. The van der Waals surface area contributed by atoms with Gasteiger partial charge in [-0.2, -0.15) is 0 Å². The number of hydrogen-bond acceptors (Lipinski definition) is 5. The fourth-order valence-electron chi connectivity index (χ4n) is 1.44. The highest BCUT2D eigenvalue weighted by molar-refractivity contribution is 5.98. The van der Waals surface area contributed by atoms with Crippen molar-refractivity contribution in [1.82, 2.24) is 0 Å². The monoisotopic (exact) mass is 290 g/mol. The van der Waals surface area contributed by atoms with Gasteiger partial charge in [-0.15, -0.1) is 0 Å². The van der Waals surface area contributed by atoms with Crippen LogP contribution in [0.3, 0.4) is 0 Å². The Labute approximate surface area is 124 Å². The second kappa shape index (κ2) is 9.70. The Morgan fingerprint density at radius 1 is 1.10 bits per heavy atom. The van der Waals surface area contributed by atoms with Crippen molar-refractivity contribution < 1.29 is 23.8 Å². The van der Waals surface area contributed by atoms with Gasteiger partial charge in [0.2, 0.25) is 6.29 Å². The van der Waals surface area contributed by atoms with Gasteiger partial charge < -0.3 is 14.2 Å². The number of ether oxygens (including phenoxy) is 3. The van der Waals surface area contributed by atoms with Gasteiger partial charge in [-0.3, -0.25) is 4.79 Å². The molecule has 0 unspecified atom stereocenters. The van der Waals surface area contributed by atoms with Crippen LogP contribution in [0, 0.1) is 11.8 Å². The predicted octanol–water partition coefficient (Wildman–Crippen LogP) is 1.82. The minimum atomic E-state index is -0.989. The molecular weight excluding hydrogens is 272 g/mol. The molecule has 0 aromatic heterocycles. The SMILES string of the molecule is CCOC(OCC)C(=O)C#CCOC(=O)c1ccccc1. The number of carbonyl (C=O) groups excluding carboxylic acids is 2. The van der Waals surface area contributed by atoms with Gasteiger partial charge in [0.1, 0.15) is 0 Å². The van der Waals surface area contributed by atoms with Gasteiger partial charge in [0.25, 0.3) is 5.78 Å². The molecule has 1 aromatic rings. The summed E-state index contributed by atoms with van der Waals surface area (Å²) in [4.78, 5) is 23.3. The summed E-state index contributed by atoms with van der Waals surface area (Å²) in [5, 5.41) is 0. The number of benzene rings is 1. The van der Waals surface area contributed by atoms with Gasteiger partial charge in [-0.1, -0.05) is 24.1 Å². The largest absolute Gasteiger partial charge is 0.449 e. The third-order valence-corrected chi connectivity index (χ3v) is 2.35. The van der Waals surface area contributed by atoms with Crippen molar-refractivity contribution in [3.63, 3.8) is 0 Å². The highest BCUT2D eigenvalue weighted by Gasteiger charge is 2.16. The smallest absolute Gasteiger partial charge is 0.339 e. The van der Waals surface area contributed by atoms with Gasteiger partial charge in [-0.05, 0) is 31.9 Å². The first-order valence-corrected chi connectivity index (χ1v) is 6.67. The molecule has 0 atom stereocenters. The van der Waals surface area contributed by atoms with E-state index in [0.717, 1.165) is 0 Å². The van der Waals surface area contributed by atoms with Gasteiger partial charge >= 0.3 is 5.97 Å². The Kier molecular flexibility index (Phi) is 7.80. The van der Waals surface area contributed by atoms with Crippen molar-refractivity contribution in [3.8, 4) is 11.8 Å². The maximum Gasteiger partial charge on any atom is 0.339 e. The summed E-state index contributed by atoms with van der Waals surface area (Å²) in [5.74, 6) is 3.85. The Morgan fingerprint density at radius 2 is 1.71 bits per heavy atom. The van der Waals surface area contributed by atoms with Crippen LogP contribution in [-0.2, 0) is 19.0 Å². The zero-order valence-corrected chi connectivity index (χ0v) is 12.1. The molecule has 1 rings (SSSR count). The first-order valence-electron chi connectivity index (χ1n) is 6.67. The topological polar surface area (TPSA) is 61.8 Å². The van der Waals surface area contributed by atoms with Crippen molar-refractivity contribution in [1.29, 1.82) is 0 Å². The van der Waals surface area contributed by atoms with E-state index in [0.29, 0.717) is 18.8 Å². The first kappa shape index (κ1) is 16.9. The van der Waals surface area contributed by atoms with Gasteiger partial charge in [-0.25, -0.2) is 4.79 Å². The molecule has 0 radical (unpaired) electrons. The molecule has 21 heavy (non-hydrogen) atoms. The van der Waals surface area contributed by atoms with E-state index in [9.17, 15) is 9.59 Å². The molecule has 0 fully saturated rings. The molecule has 5 nitrogen and oxygen atoms in total. The Bertz CT molecular complexity index is 506. The third-order valence-electron chi connectivity index (χ3n) is 2.35. The Hall–Kier alpha value is -2.16. The second-order valence-corrected chi connectivity index (χ2v) is 3.85. The van der Waals surface area contributed by atoms with Crippen LogP contribution in [0.2, 0.25) is 0 Å². The lowest BCUT2D eigenvalue weighted by atomic mass is 10.2. The van der Waals surface area contributed by atoms with Crippen molar-refractivity contribution in [2.75, 3.05) is 19.8 Å². The van der Waals surface area contributed by atoms with E-state index < -0.39 is 18.0 Å². The fraction of sp³-hybridized carbons (Fsp3) is 0.375. The van der Waals surface area contributed by atoms with Crippen LogP contribution in [0.25, 0.3) is 0 Å². The molecule has 0 saturated heterocycles. The molecular formula is C16H18O5. The van der Waals surface area contributed by atoms with Crippen LogP contribution in [0.4, 0.5) is 0 Å². The predicted molar refractivity (Wildman–Crippen MR) is 76.5 cm³/mol. The highest BCUT2D eigenvalue weighted by Crippen LogP contribution is 2.00. The standard InChI is InChI=1S/C16H18O5/c1-3-19-16(20-4-2)14(17)11-8-12-21-15(18)13-9-6-5-7-10-13/h5-7,9-10,16H,3-4,12H2,1-2H3. The van der Waals surface area contributed by atoms with E-state index in [1.165, 1.54) is 0 Å². The van der Waals surface area contributed by atoms with Crippen LogP contribution >= 0.6 is 0 Å². The fourth-order valence-corrected chi connectivity index (χ4v) is 1.44. The molecule has 0 heterocycles. The molecule has 0 aliphatic rings.